The summed E-state index contributed by atoms with van der Waals surface area (Å²) in [6.45, 7) is 5.68. The van der Waals surface area contributed by atoms with Crippen molar-refractivity contribution >= 4 is 5.91 Å². The van der Waals surface area contributed by atoms with Crippen molar-refractivity contribution in [3.8, 4) is 11.5 Å². The topological polar surface area (TPSA) is 86.8 Å². The Labute approximate surface area is 113 Å². The van der Waals surface area contributed by atoms with E-state index in [1.54, 1.807) is 11.0 Å². The lowest BCUT2D eigenvalue weighted by atomic mass is 10.1. The van der Waals surface area contributed by atoms with Crippen LogP contribution in [-0.4, -0.2) is 40.7 Å². The van der Waals surface area contributed by atoms with E-state index in [2.05, 4.69) is 0 Å². The number of benzene rings is 1. The van der Waals surface area contributed by atoms with Gasteiger partial charge in [0.1, 0.15) is 0 Å². The summed E-state index contributed by atoms with van der Waals surface area (Å²) in [4.78, 5) is 14.0. The molecule has 0 bridgehead atoms. The third kappa shape index (κ3) is 4.13. The monoisotopic (exact) mass is 266 g/mol. The molecule has 1 amide bonds. The van der Waals surface area contributed by atoms with Crippen LogP contribution in [0.25, 0.3) is 0 Å². The minimum atomic E-state index is -0.367. The minimum absolute atomic E-state index is 0.123. The van der Waals surface area contributed by atoms with Gasteiger partial charge in [-0.1, -0.05) is 19.9 Å². The lowest BCUT2D eigenvalue weighted by Crippen LogP contribution is -2.35. The molecule has 1 aromatic carbocycles. The predicted molar refractivity (Wildman–Crippen MR) is 74.2 cm³/mol. The van der Waals surface area contributed by atoms with Crippen LogP contribution in [0.15, 0.2) is 18.2 Å². The maximum atomic E-state index is 12.4. The van der Waals surface area contributed by atoms with Gasteiger partial charge in [0, 0.05) is 13.1 Å². The number of phenols is 2. The van der Waals surface area contributed by atoms with Crippen LogP contribution in [0.2, 0.25) is 0 Å². The Bertz CT molecular complexity index is 433. The largest absolute Gasteiger partial charge is 0.504 e. The Hall–Kier alpha value is -1.75. The maximum Gasteiger partial charge on any atom is 0.257 e. The molecule has 0 spiro atoms. The van der Waals surface area contributed by atoms with E-state index in [1.807, 2.05) is 13.8 Å². The molecule has 5 heteroatoms. The molecular weight excluding hydrogens is 244 g/mol. The average Bonchev–Trinajstić information content (AvgIpc) is 2.36. The van der Waals surface area contributed by atoms with E-state index in [1.165, 1.54) is 12.1 Å². The van der Waals surface area contributed by atoms with Gasteiger partial charge in [-0.3, -0.25) is 4.79 Å². The quantitative estimate of drug-likeness (QED) is 0.682. The SMILES string of the molecule is CC(C)CN(CCCN)C(=O)c1cccc(O)c1O. The number of phenolic OH excluding ortho intramolecular Hbond substituents is 2. The van der Waals surface area contributed by atoms with Gasteiger partial charge in [0.2, 0.25) is 0 Å². The number of rotatable bonds is 6. The zero-order valence-electron chi connectivity index (χ0n) is 11.5. The summed E-state index contributed by atoms with van der Waals surface area (Å²) in [6, 6.07) is 4.39. The summed E-state index contributed by atoms with van der Waals surface area (Å²) in [7, 11) is 0. The third-order valence-corrected chi connectivity index (χ3v) is 2.75. The van der Waals surface area contributed by atoms with Crippen LogP contribution < -0.4 is 5.73 Å². The summed E-state index contributed by atoms with van der Waals surface area (Å²) < 4.78 is 0. The molecule has 106 valence electrons. The van der Waals surface area contributed by atoms with Gasteiger partial charge in [0.25, 0.3) is 5.91 Å². The molecule has 0 atom stereocenters. The summed E-state index contributed by atoms with van der Waals surface area (Å²) in [5, 5.41) is 19.2. The third-order valence-electron chi connectivity index (χ3n) is 2.75. The molecule has 1 aromatic rings. The molecule has 19 heavy (non-hydrogen) atoms. The Balaban J connectivity index is 2.94. The van der Waals surface area contributed by atoms with E-state index in [0.717, 1.165) is 0 Å². The number of nitrogens with two attached hydrogens (primary N) is 1. The van der Waals surface area contributed by atoms with Crippen LogP contribution in [0, 0.1) is 5.92 Å². The van der Waals surface area contributed by atoms with Gasteiger partial charge in [0.05, 0.1) is 5.56 Å². The first-order valence-corrected chi connectivity index (χ1v) is 6.47. The summed E-state index contributed by atoms with van der Waals surface area (Å²) in [5.41, 5.74) is 5.60. The summed E-state index contributed by atoms with van der Waals surface area (Å²) >= 11 is 0. The van der Waals surface area contributed by atoms with E-state index in [9.17, 15) is 15.0 Å². The van der Waals surface area contributed by atoms with Crippen LogP contribution in [0.4, 0.5) is 0 Å². The van der Waals surface area contributed by atoms with Gasteiger partial charge in [-0.25, -0.2) is 0 Å². The Morgan fingerprint density at radius 3 is 2.63 bits per heavy atom. The van der Waals surface area contributed by atoms with Crippen LogP contribution >= 0.6 is 0 Å². The molecule has 0 radical (unpaired) electrons. The molecule has 4 N–H and O–H groups in total. The van der Waals surface area contributed by atoms with Crippen LogP contribution in [0.3, 0.4) is 0 Å². The van der Waals surface area contributed by atoms with E-state index in [-0.39, 0.29) is 23.0 Å². The van der Waals surface area contributed by atoms with Crippen molar-refractivity contribution in [3.63, 3.8) is 0 Å². The molecule has 5 nitrogen and oxygen atoms in total. The average molecular weight is 266 g/mol. The molecule has 0 aliphatic heterocycles. The van der Waals surface area contributed by atoms with E-state index >= 15 is 0 Å². The predicted octanol–water partition coefficient (Wildman–Crippen LogP) is 1.54. The normalized spacial score (nSPS) is 10.7. The van der Waals surface area contributed by atoms with Crippen molar-refractivity contribution in [1.29, 1.82) is 0 Å². The highest BCUT2D eigenvalue weighted by Gasteiger charge is 2.20. The van der Waals surface area contributed by atoms with Crippen LogP contribution in [-0.2, 0) is 0 Å². The number of aromatic hydroxyl groups is 2. The molecule has 0 fully saturated rings. The fraction of sp³-hybridized carbons (Fsp3) is 0.500. The van der Waals surface area contributed by atoms with Gasteiger partial charge in [-0.2, -0.15) is 0 Å². The van der Waals surface area contributed by atoms with Crippen molar-refractivity contribution in [1.82, 2.24) is 4.90 Å². The van der Waals surface area contributed by atoms with E-state index in [4.69, 9.17) is 5.73 Å². The molecule has 0 aromatic heterocycles. The number of hydrogen-bond donors (Lipinski definition) is 3. The maximum absolute atomic E-state index is 12.4. The molecule has 0 heterocycles. The Morgan fingerprint density at radius 1 is 1.37 bits per heavy atom. The second-order valence-electron chi connectivity index (χ2n) is 4.96. The summed E-state index contributed by atoms with van der Waals surface area (Å²) in [5.74, 6) is -0.611. The first-order chi connectivity index (χ1) is 8.97. The lowest BCUT2D eigenvalue weighted by molar-refractivity contribution is 0.0731. The number of amides is 1. The minimum Gasteiger partial charge on any atom is -0.504 e. The van der Waals surface area contributed by atoms with E-state index in [0.29, 0.717) is 32.0 Å². The smallest absolute Gasteiger partial charge is 0.257 e. The molecule has 0 unspecified atom stereocenters. The van der Waals surface area contributed by atoms with Crippen molar-refractivity contribution in [2.45, 2.75) is 20.3 Å². The van der Waals surface area contributed by atoms with Gasteiger partial charge < -0.3 is 20.8 Å². The number of carbonyl (C=O) groups excluding carboxylic acids is 1. The lowest BCUT2D eigenvalue weighted by Gasteiger charge is -2.25. The number of para-hydroxylation sites is 1. The molecule has 1 rings (SSSR count). The van der Waals surface area contributed by atoms with Gasteiger partial charge in [-0.15, -0.1) is 0 Å². The highest BCUT2D eigenvalue weighted by atomic mass is 16.3. The number of nitrogens with zero attached hydrogens (tertiary/aromatic N) is 1. The Morgan fingerprint density at radius 2 is 2.05 bits per heavy atom. The first kappa shape index (κ1) is 15.3. The molecule has 0 saturated heterocycles. The number of carbonyl (C=O) groups is 1. The van der Waals surface area contributed by atoms with Crippen LogP contribution in [0.1, 0.15) is 30.6 Å². The van der Waals surface area contributed by atoms with E-state index < -0.39 is 0 Å². The van der Waals surface area contributed by atoms with Gasteiger partial charge in [-0.05, 0) is 31.0 Å². The standard InChI is InChI=1S/C14H22N2O3/c1-10(2)9-16(8-4-7-15)14(19)11-5-3-6-12(17)13(11)18/h3,5-6,10,17-18H,4,7-9,15H2,1-2H3. The zero-order chi connectivity index (χ0) is 14.4. The number of hydrogen-bond acceptors (Lipinski definition) is 4. The second-order valence-corrected chi connectivity index (χ2v) is 4.96. The zero-order valence-corrected chi connectivity index (χ0v) is 11.5. The van der Waals surface area contributed by atoms with Crippen molar-refractivity contribution in [3.05, 3.63) is 23.8 Å². The molecule has 0 saturated carbocycles. The van der Waals surface area contributed by atoms with Crippen molar-refractivity contribution in [2.75, 3.05) is 19.6 Å². The molecule has 0 aliphatic carbocycles. The Kier molecular flexibility index (Phi) is 5.63. The molecule has 0 aliphatic rings. The van der Waals surface area contributed by atoms with Crippen molar-refractivity contribution < 1.29 is 15.0 Å². The van der Waals surface area contributed by atoms with Gasteiger partial charge in [0.15, 0.2) is 11.5 Å². The first-order valence-electron chi connectivity index (χ1n) is 6.47. The highest BCUT2D eigenvalue weighted by Crippen LogP contribution is 2.29. The van der Waals surface area contributed by atoms with Crippen LogP contribution in [0.5, 0.6) is 11.5 Å². The van der Waals surface area contributed by atoms with Gasteiger partial charge >= 0.3 is 0 Å². The fourth-order valence-corrected chi connectivity index (χ4v) is 1.87. The van der Waals surface area contributed by atoms with Crippen molar-refractivity contribution in [2.24, 2.45) is 11.7 Å². The second kappa shape index (κ2) is 6.99. The fourth-order valence-electron chi connectivity index (χ4n) is 1.87. The molecular formula is C14H22N2O3. The highest BCUT2D eigenvalue weighted by molar-refractivity contribution is 5.97. The summed E-state index contributed by atoms with van der Waals surface area (Å²) in [6.07, 6.45) is 0.706.